The molecule has 1 aliphatic rings. The first-order valence-electron chi connectivity index (χ1n) is 10.8. The van der Waals surface area contributed by atoms with Gasteiger partial charge in [0.15, 0.2) is 5.78 Å². The lowest BCUT2D eigenvalue weighted by Gasteiger charge is -2.29. The molecule has 0 saturated carbocycles. The molecule has 2 aromatic carbocycles. The number of benzene rings is 2. The Morgan fingerprint density at radius 3 is 1.81 bits per heavy atom. The largest absolute Gasteiger partial charge is 0.367 e. The van der Waals surface area contributed by atoms with Crippen molar-refractivity contribution in [3.8, 4) is 0 Å². The summed E-state index contributed by atoms with van der Waals surface area (Å²) >= 11 is 0. The lowest BCUT2D eigenvalue weighted by atomic mass is 9.76. The molecule has 1 aliphatic heterocycles. The van der Waals surface area contributed by atoms with Crippen molar-refractivity contribution >= 4 is 11.7 Å². The van der Waals surface area contributed by atoms with Gasteiger partial charge in [0.2, 0.25) is 5.91 Å². The molecule has 1 N–H and O–H groups in total. The third-order valence-electron chi connectivity index (χ3n) is 5.59. The standard InChI is InChI=1S/C17H21NO.C9H13NO2/c1-18(2)13-14-19-17(15-9-5-3-6-10-15)16-11-7-4-8-12-16;1-3-9(4-2)7(11)5-6-10-8(9)12/h3-12,17H,13-14H2,1-2H3;5-6H,3-4H2,1-2H3,(H,10,12). The number of nitrogens with one attached hydrogen (secondary N) is 1. The highest BCUT2D eigenvalue weighted by molar-refractivity contribution is 6.13. The molecule has 5 nitrogen and oxygen atoms in total. The van der Waals surface area contributed by atoms with E-state index in [2.05, 4.69) is 72.8 Å². The number of amides is 1. The van der Waals surface area contributed by atoms with Crippen LogP contribution in [0.2, 0.25) is 0 Å². The Morgan fingerprint density at radius 1 is 0.903 bits per heavy atom. The molecule has 0 fully saturated rings. The van der Waals surface area contributed by atoms with Gasteiger partial charge in [0.1, 0.15) is 11.5 Å². The van der Waals surface area contributed by atoms with Crippen LogP contribution in [0.3, 0.4) is 0 Å². The van der Waals surface area contributed by atoms with Gasteiger partial charge in [-0.1, -0.05) is 74.5 Å². The van der Waals surface area contributed by atoms with Gasteiger partial charge in [-0.05, 0) is 44.1 Å². The van der Waals surface area contributed by atoms with E-state index < -0.39 is 5.41 Å². The molecule has 0 radical (unpaired) electrons. The first kappa shape index (κ1) is 24.5. The van der Waals surface area contributed by atoms with Gasteiger partial charge >= 0.3 is 0 Å². The monoisotopic (exact) mass is 422 g/mol. The summed E-state index contributed by atoms with van der Waals surface area (Å²) in [5.74, 6) is -0.240. The zero-order valence-electron chi connectivity index (χ0n) is 19.0. The molecule has 3 rings (SSSR count). The van der Waals surface area contributed by atoms with E-state index >= 15 is 0 Å². The smallest absolute Gasteiger partial charge is 0.237 e. The number of nitrogens with zero attached hydrogens (tertiary/aromatic N) is 1. The minimum atomic E-state index is -0.797. The number of ether oxygens (including phenoxy) is 1. The normalized spacial score (nSPS) is 14.9. The molecule has 0 bridgehead atoms. The number of rotatable bonds is 8. The molecular formula is C26H34N2O3. The summed E-state index contributed by atoms with van der Waals surface area (Å²) in [4.78, 5) is 25.0. The van der Waals surface area contributed by atoms with E-state index in [9.17, 15) is 9.59 Å². The summed E-state index contributed by atoms with van der Waals surface area (Å²) < 4.78 is 6.08. The van der Waals surface area contributed by atoms with E-state index in [-0.39, 0.29) is 17.8 Å². The van der Waals surface area contributed by atoms with Crippen molar-refractivity contribution in [2.45, 2.75) is 32.8 Å². The zero-order valence-corrected chi connectivity index (χ0v) is 19.0. The fraction of sp³-hybridized carbons (Fsp3) is 0.385. The van der Waals surface area contributed by atoms with Crippen molar-refractivity contribution in [3.63, 3.8) is 0 Å². The van der Waals surface area contributed by atoms with Crippen LogP contribution in [0, 0.1) is 5.41 Å². The molecule has 0 saturated heterocycles. The summed E-state index contributed by atoms with van der Waals surface area (Å²) in [5.41, 5.74) is 1.61. The van der Waals surface area contributed by atoms with E-state index in [1.807, 2.05) is 26.0 Å². The molecule has 0 aromatic heterocycles. The molecule has 1 amide bonds. The van der Waals surface area contributed by atoms with Crippen LogP contribution in [-0.4, -0.2) is 43.8 Å². The predicted molar refractivity (Wildman–Crippen MR) is 125 cm³/mol. The Hall–Kier alpha value is -2.76. The maximum atomic E-state index is 11.4. The number of likely N-dealkylation sites (N-methyl/N-ethyl adjacent to an activating group) is 1. The Balaban J connectivity index is 0.000000245. The van der Waals surface area contributed by atoms with Crippen LogP contribution in [0.5, 0.6) is 0 Å². The quantitative estimate of drug-likeness (QED) is 0.642. The minimum absolute atomic E-state index is 0.0161. The van der Waals surface area contributed by atoms with Crippen LogP contribution in [0.15, 0.2) is 72.9 Å². The first-order chi connectivity index (χ1) is 14.9. The SMILES string of the molecule is CCC1(CC)C(=O)C=CNC1=O.CN(C)CCOC(c1ccccc1)c1ccccc1. The fourth-order valence-electron chi connectivity index (χ4n) is 3.52. The summed E-state index contributed by atoms with van der Waals surface area (Å²) in [5, 5.41) is 2.56. The van der Waals surface area contributed by atoms with E-state index in [0.717, 1.165) is 13.2 Å². The minimum Gasteiger partial charge on any atom is -0.367 e. The molecular weight excluding hydrogens is 388 g/mol. The van der Waals surface area contributed by atoms with Crippen molar-refractivity contribution in [2.24, 2.45) is 5.41 Å². The van der Waals surface area contributed by atoms with Gasteiger partial charge in [0.05, 0.1) is 6.61 Å². The van der Waals surface area contributed by atoms with Crippen LogP contribution in [0.25, 0.3) is 0 Å². The molecule has 2 aromatic rings. The highest BCUT2D eigenvalue weighted by Gasteiger charge is 2.42. The van der Waals surface area contributed by atoms with E-state index in [4.69, 9.17) is 4.74 Å². The van der Waals surface area contributed by atoms with Crippen LogP contribution in [0.4, 0.5) is 0 Å². The molecule has 166 valence electrons. The van der Waals surface area contributed by atoms with Crippen LogP contribution >= 0.6 is 0 Å². The maximum Gasteiger partial charge on any atom is 0.237 e. The predicted octanol–water partition coefficient (Wildman–Crippen LogP) is 4.36. The van der Waals surface area contributed by atoms with Crippen molar-refractivity contribution in [3.05, 3.63) is 84.1 Å². The second kappa shape index (κ2) is 12.2. The van der Waals surface area contributed by atoms with Crippen LogP contribution in [0.1, 0.15) is 43.9 Å². The second-order valence-corrected chi connectivity index (χ2v) is 7.84. The van der Waals surface area contributed by atoms with Crippen molar-refractivity contribution in [2.75, 3.05) is 27.2 Å². The van der Waals surface area contributed by atoms with E-state index in [1.54, 1.807) is 0 Å². The Kier molecular flexibility index (Phi) is 9.63. The van der Waals surface area contributed by atoms with Gasteiger partial charge in [0, 0.05) is 12.7 Å². The Morgan fingerprint density at radius 2 is 1.42 bits per heavy atom. The zero-order chi connectivity index (χ0) is 22.7. The van der Waals surface area contributed by atoms with Crippen molar-refractivity contribution in [1.82, 2.24) is 10.2 Å². The lowest BCUT2D eigenvalue weighted by molar-refractivity contribution is -0.140. The van der Waals surface area contributed by atoms with Gasteiger partial charge in [-0.2, -0.15) is 0 Å². The molecule has 5 heteroatoms. The van der Waals surface area contributed by atoms with Gasteiger partial charge in [-0.25, -0.2) is 0 Å². The summed E-state index contributed by atoms with van der Waals surface area (Å²) in [6.07, 6.45) is 4.00. The molecule has 0 aliphatic carbocycles. The average molecular weight is 423 g/mol. The number of hydrogen-bond acceptors (Lipinski definition) is 4. The van der Waals surface area contributed by atoms with E-state index in [0.29, 0.717) is 12.8 Å². The highest BCUT2D eigenvalue weighted by atomic mass is 16.5. The number of ketones is 1. The first-order valence-corrected chi connectivity index (χ1v) is 10.8. The highest BCUT2D eigenvalue weighted by Crippen LogP contribution is 2.30. The number of allylic oxidation sites excluding steroid dienone is 1. The molecule has 0 atom stereocenters. The molecule has 1 heterocycles. The van der Waals surface area contributed by atoms with Gasteiger partial charge < -0.3 is 15.0 Å². The molecule has 0 spiro atoms. The third-order valence-corrected chi connectivity index (χ3v) is 5.59. The fourth-order valence-corrected chi connectivity index (χ4v) is 3.52. The number of carbonyl (C=O) groups excluding carboxylic acids is 2. The topological polar surface area (TPSA) is 58.6 Å². The summed E-state index contributed by atoms with van der Waals surface area (Å²) in [6.45, 7) is 5.37. The van der Waals surface area contributed by atoms with Crippen molar-refractivity contribution in [1.29, 1.82) is 0 Å². The summed E-state index contributed by atoms with van der Waals surface area (Å²) in [6, 6.07) is 20.8. The van der Waals surface area contributed by atoms with Gasteiger partial charge in [0.25, 0.3) is 0 Å². The van der Waals surface area contributed by atoms with Gasteiger partial charge in [-0.3, -0.25) is 9.59 Å². The van der Waals surface area contributed by atoms with E-state index in [1.165, 1.54) is 23.4 Å². The van der Waals surface area contributed by atoms with Gasteiger partial charge in [-0.15, -0.1) is 0 Å². The second-order valence-electron chi connectivity index (χ2n) is 7.84. The molecule has 31 heavy (non-hydrogen) atoms. The van der Waals surface area contributed by atoms with Crippen LogP contribution in [-0.2, 0) is 14.3 Å². The number of hydrogen-bond donors (Lipinski definition) is 1. The number of carbonyl (C=O) groups is 2. The van der Waals surface area contributed by atoms with Crippen LogP contribution < -0.4 is 5.32 Å². The maximum absolute atomic E-state index is 11.4. The Bertz CT molecular complexity index is 804. The Labute approximate surface area is 186 Å². The molecule has 0 unspecified atom stereocenters. The average Bonchev–Trinajstić information content (AvgIpc) is 2.79. The van der Waals surface area contributed by atoms with Crippen molar-refractivity contribution < 1.29 is 14.3 Å². The third kappa shape index (κ3) is 6.61. The summed E-state index contributed by atoms with van der Waals surface area (Å²) in [7, 11) is 4.12. The lowest BCUT2D eigenvalue weighted by Crippen LogP contribution is -2.46.